The van der Waals surface area contributed by atoms with Crippen LogP contribution in [0.15, 0.2) is 54.7 Å². The number of rotatable bonds is 6. The van der Waals surface area contributed by atoms with E-state index in [0.717, 1.165) is 0 Å². The monoisotopic (exact) mass is 410 g/mol. The predicted octanol–water partition coefficient (Wildman–Crippen LogP) is 3.69. The standard InChI is InChI=1S/C21H16ClFN4O2/c22-13-5-3-4-12(8-13)17(9-19(25)28)27-21(29)15-11-26-18(10-24)20(15)14-6-1-2-7-16(14)23/h1-8,11,17,26H,9H2,(H2,25,28)(H,27,29)/t17-/m0/s1. The Kier molecular flexibility index (Phi) is 5.96. The number of hydrogen-bond donors (Lipinski definition) is 3. The number of nitrogens with one attached hydrogen (secondary N) is 2. The first-order valence-electron chi connectivity index (χ1n) is 8.61. The molecule has 0 fully saturated rings. The predicted molar refractivity (Wildman–Crippen MR) is 106 cm³/mol. The molecule has 0 aliphatic rings. The van der Waals surface area contributed by atoms with E-state index >= 15 is 0 Å². The number of nitrogens with two attached hydrogens (primary N) is 1. The van der Waals surface area contributed by atoms with E-state index < -0.39 is 23.7 Å². The van der Waals surface area contributed by atoms with Gasteiger partial charge in [-0.15, -0.1) is 0 Å². The largest absolute Gasteiger partial charge is 0.370 e. The Morgan fingerprint density at radius 2 is 2.00 bits per heavy atom. The molecule has 1 aromatic heterocycles. The fraction of sp³-hybridized carbons (Fsp3) is 0.0952. The van der Waals surface area contributed by atoms with Crippen LogP contribution in [0.2, 0.25) is 5.02 Å². The number of H-pyrrole nitrogens is 1. The second-order valence-corrected chi connectivity index (χ2v) is 6.73. The van der Waals surface area contributed by atoms with Crippen molar-refractivity contribution in [2.45, 2.75) is 12.5 Å². The average Bonchev–Trinajstić information content (AvgIpc) is 3.11. The van der Waals surface area contributed by atoms with Crippen LogP contribution in [0, 0.1) is 17.1 Å². The molecule has 146 valence electrons. The van der Waals surface area contributed by atoms with Gasteiger partial charge in [-0.2, -0.15) is 5.26 Å². The highest BCUT2D eigenvalue weighted by Crippen LogP contribution is 2.30. The zero-order chi connectivity index (χ0) is 21.0. The van der Waals surface area contributed by atoms with E-state index in [0.29, 0.717) is 10.6 Å². The molecule has 0 saturated heterocycles. The maximum Gasteiger partial charge on any atom is 0.253 e. The highest BCUT2D eigenvalue weighted by molar-refractivity contribution is 6.30. The number of nitrogens with zero attached hydrogens (tertiary/aromatic N) is 1. The molecule has 4 N–H and O–H groups in total. The van der Waals surface area contributed by atoms with Crippen LogP contribution in [0.5, 0.6) is 0 Å². The maximum absolute atomic E-state index is 14.3. The van der Waals surface area contributed by atoms with Gasteiger partial charge in [-0.25, -0.2) is 4.39 Å². The summed E-state index contributed by atoms with van der Waals surface area (Å²) in [5, 5.41) is 12.5. The minimum absolute atomic E-state index is 0.0504. The second-order valence-electron chi connectivity index (χ2n) is 6.30. The molecule has 0 bridgehead atoms. The lowest BCUT2D eigenvalue weighted by molar-refractivity contribution is -0.118. The summed E-state index contributed by atoms with van der Waals surface area (Å²) in [6.07, 6.45) is 1.17. The molecule has 8 heteroatoms. The van der Waals surface area contributed by atoms with Crippen molar-refractivity contribution < 1.29 is 14.0 Å². The Balaban J connectivity index is 2.00. The smallest absolute Gasteiger partial charge is 0.253 e. The van der Waals surface area contributed by atoms with Crippen LogP contribution in [0.25, 0.3) is 11.1 Å². The van der Waals surface area contributed by atoms with E-state index in [1.54, 1.807) is 30.3 Å². The second kappa shape index (κ2) is 8.59. The molecule has 0 spiro atoms. The van der Waals surface area contributed by atoms with Crippen LogP contribution in [-0.4, -0.2) is 16.8 Å². The summed E-state index contributed by atoms with van der Waals surface area (Å²) >= 11 is 6.01. The Labute approximate surface area is 171 Å². The number of nitriles is 1. The number of aromatic nitrogens is 1. The highest BCUT2D eigenvalue weighted by Gasteiger charge is 2.24. The van der Waals surface area contributed by atoms with Gasteiger partial charge in [0, 0.05) is 22.3 Å². The molecule has 1 heterocycles. The molecule has 29 heavy (non-hydrogen) atoms. The SMILES string of the molecule is N#Cc1[nH]cc(C(=O)N[C@@H](CC(N)=O)c2cccc(Cl)c2)c1-c1ccccc1F. The maximum atomic E-state index is 14.3. The van der Waals surface area contributed by atoms with E-state index in [9.17, 15) is 19.2 Å². The molecule has 1 atom stereocenters. The lowest BCUT2D eigenvalue weighted by Crippen LogP contribution is -2.32. The Bertz CT molecular complexity index is 1120. The lowest BCUT2D eigenvalue weighted by Gasteiger charge is -2.18. The van der Waals surface area contributed by atoms with Crippen molar-refractivity contribution in [3.63, 3.8) is 0 Å². The van der Waals surface area contributed by atoms with Crippen molar-refractivity contribution >= 4 is 23.4 Å². The summed E-state index contributed by atoms with van der Waals surface area (Å²) < 4.78 is 14.3. The minimum atomic E-state index is -0.743. The van der Waals surface area contributed by atoms with E-state index in [1.807, 2.05) is 6.07 Å². The summed E-state index contributed by atoms with van der Waals surface area (Å²) in [6.45, 7) is 0. The van der Waals surface area contributed by atoms with Crippen molar-refractivity contribution in [3.8, 4) is 17.2 Å². The first kappa shape index (κ1) is 20.1. The van der Waals surface area contributed by atoms with Crippen molar-refractivity contribution in [1.29, 1.82) is 5.26 Å². The molecule has 0 radical (unpaired) electrons. The normalized spacial score (nSPS) is 11.5. The van der Waals surface area contributed by atoms with Gasteiger partial charge in [-0.3, -0.25) is 9.59 Å². The number of benzene rings is 2. The van der Waals surface area contributed by atoms with Crippen LogP contribution in [0.3, 0.4) is 0 Å². The first-order chi connectivity index (χ1) is 13.9. The number of aromatic amines is 1. The fourth-order valence-electron chi connectivity index (χ4n) is 3.05. The number of primary amides is 1. The van der Waals surface area contributed by atoms with E-state index in [2.05, 4.69) is 10.3 Å². The van der Waals surface area contributed by atoms with E-state index in [-0.39, 0.29) is 28.8 Å². The van der Waals surface area contributed by atoms with Gasteiger partial charge >= 0.3 is 0 Å². The number of carbonyl (C=O) groups excluding carboxylic acids is 2. The van der Waals surface area contributed by atoms with Gasteiger partial charge in [0.15, 0.2) is 0 Å². The third kappa shape index (κ3) is 4.45. The van der Waals surface area contributed by atoms with E-state index in [1.165, 1.54) is 24.4 Å². The molecular weight excluding hydrogens is 395 g/mol. The zero-order valence-corrected chi connectivity index (χ0v) is 15.8. The van der Waals surface area contributed by atoms with Crippen molar-refractivity contribution in [3.05, 3.63) is 82.4 Å². The van der Waals surface area contributed by atoms with Gasteiger partial charge < -0.3 is 16.0 Å². The van der Waals surface area contributed by atoms with Crippen LogP contribution in [0.4, 0.5) is 4.39 Å². The summed E-state index contributed by atoms with van der Waals surface area (Å²) in [4.78, 5) is 27.2. The van der Waals surface area contributed by atoms with E-state index in [4.69, 9.17) is 17.3 Å². The number of halogens is 2. The molecule has 0 unspecified atom stereocenters. The molecular formula is C21H16ClFN4O2. The molecule has 2 aromatic carbocycles. The van der Waals surface area contributed by atoms with Crippen LogP contribution in [-0.2, 0) is 4.79 Å². The highest BCUT2D eigenvalue weighted by atomic mass is 35.5. The summed E-state index contributed by atoms with van der Waals surface area (Å²) in [5.41, 5.74) is 6.30. The van der Waals surface area contributed by atoms with Crippen molar-refractivity contribution in [1.82, 2.24) is 10.3 Å². The zero-order valence-electron chi connectivity index (χ0n) is 15.1. The molecule has 3 rings (SSSR count). The van der Waals surface area contributed by atoms with Gasteiger partial charge in [0.2, 0.25) is 5.91 Å². The Morgan fingerprint density at radius 1 is 1.24 bits per heavy atom. The number of hydrogen-bond acceptors (Lipinski definition) is 3. The van der Waals surface area contributed by atoms with Crippen molar-refractivity contribution in [2.24, 2.45) is 5.73 Å². The van der Waals surface area contributed by atoms with Gasteiger partial charge in [-0.1, -0.05) is 41.9 Å². The molecule has 3 aromatic rings. The minimum Gasteiger partial charge on any atom is -0.370 e. The van der Waals surface area contributed by atoms with Gasteiger partial charge in [0.25, 0.3) is 5.91 Å². The molecule has 0 saturated carbocycles. The number of carbonyl (C=O) groups is 2. The summed E-state index contributed by atoms with van der Waals surface area (Å²) in [7, 11) is 0. The van der Waals surface area contributed by atoms with Crippen LogP contribution < -0.4 is 11.1 Å². The average molecular weight is 411 g/mol. The topological polar surface area (TPSA) is 112 Å². The first-order valence-corrected chi connectivity index (χ1v) is 8.99. The van der Waals surface area contributed by atoms with Gasteiger partial charge in [0.05, 0.1) is 18.0 Å². The van der Waals surface area contributed by atoms with Crippen LogP contribution in [0.1, 0.15) is 34.1 Å². The lowest BCUT2D eigenvalue weighted by atomic mass is 9.99. The third-order valence-corrected chi connectivity index (χ3v) is 4.58. The van der Waals surface area contributed by atoms with Crippen molar-refractivity contribution in [2.75, 3.05) is 0 Å². The summed E-state index contributed by atoms with van der Waals surface area (Å²) in [5.74, 6) is -1.77. The molecule has 0 aliphatic carbocycles. The Hall–Kier alpha value is -3.63. The fourth-order valence-corrected chi connectivity index (χ4v) is 3.25. The molecule has 6 nitrogen and oxygen atoms in total. The molecule has 0 aliphatic heterocycles. The third-order valence-electron chi connectivity index (χ3n) is 4.34. The Morgan fingerprint density at radius 3 is 2.66 bits per heavy atom. The molecule has 2 amide bonds. The quantitative estimate of drug-likeness (QED) is 0.576. The van der Waals surface area contributed by atoms with Crippen LogP contribution >= 0.6 is 11.6 Å². The number of amides is 2. The van der Waals surface area contributed by atoms with Gasteiger partial charge in [0.1, 0.15) is 17.6 Å². The summed E-state index contributed by atoms with van der Waals surface area (Å²) in [6, 6.07) is 13.7. The van der Waals surface area contributed by atoms with Gasteiger partial charge in [-0.05, 0) is 23.8 Å².